The third-order valence-corrected chi connectivity index (χ3v) is 6.73. The SMILES string of the molecule is COc1cccc(/C=C2/SC(=S)N(c3cccc(Br)c3)C2=O)c1Oc1ccc([N+](=O)[O-])cc1[N+](=O)[O-]. The van der Waals surface area contributed by atoms with Gasteiger partial charge in [-0.3, -0.25) is 29.9 Å². The van der Waals surface area contributed by atoms with Gasteiger partial charge in [0.25, 0.3) is 11.6 Å². The fourth-order valence-corrected chi connectivity index (χ4v) is 5.00. The standard InChI is InChI=1S/C23H14BrN3O7S2/c1-33-19-7-2-4-13(21(19)34-18-9-8-16(26(29)30)12-17(18)27(31)32)10-20-22(28)25(23(35)36-20)15-6-3-5-14(24)11-15/h2-12H,1H3/b20-10+. The van der Waals surface area contributed by atoms with Gasteiger partial charge in [0.2, 0.25) is 5.75 Å². The number of rotatable bonds is 7. The highest BCUT2D eigenvalue weighted by Crippen LogP contribution is 2.43. The van der Waals surface area contributed by atoms with Crippen molar-refractivity contribution in [1.82, 2.24) is 0 Å². The number of halogens is 1. The van der Waals surface area contributed by atoms with E-state index in [9.17, 15) is 25.0 Å². The Kier molecular flexibility index (Phi) is 7.33. The van der Waals surface area contributed by atoms with Crippen LogP contribution in [0.3, 0.4) is 0 Å². The Bertz CT molecular complexity index is 1460. The Morgan fingerprint density at radius 2 is 1.78 bits per heavy atom. The molecule has 1 saturated heterocycles. The molecule has 0 atom stereocenters. The number of carbonyl (C=O) groups excluding carboxylic acids is 1. The lowest BCUT2D eigenvalue weighted by Crippen LogP contribution is -2.27. The van der Waals surface area contributed by atoms with E-state index in [1.54, 1.807) is 42.5 Å². The van der Waals surface area contributed by atoms with Gasteiger partial charge >= 0.3 is 5.69 Å². The lowest BCUT2D eigenvalue weighted by atomic mass is 10.1. The number of benzene rings is 3. The zero-order chi connectivity index (χ0) is 26.0. The van der Waals surface area contributed by atoms with Crippen LogP contribution >= 0.6 is 39.9 Å². The first-order valence-electron chi connectivity index (χ1n) is 10.0. The van der Waals surface area contributed by atoms with E-state index in [1.165, 1.54) is 12.0 Å². The van der Waals surface area contributed by atoms with E-state index in [0.717, 1.165) is 34.4 Å². The van der Waals surface area contributed by atoms with Crippen molar-refractivity contribution in [1.29, 1.82) is 0 Å². The minimum absolute atomic E-state index is 0.0877. The van der Waals surface area contributed by atoms with Gasteiger partial charge in [-0.05, 0) is 36.4 Å². The maximum Gasteiger partial charge on any atom is 0.318 e. The zero-order valence-electron chi connectivity index (χ0n) is 18.2. The topological polar surface area (TPSA) is 125 Å². The third kappa shape index (κ3) is 5.08. The maximum absolute atomic E-state index is 13.2. The Hall–Kier alpha value is -3.81. The number of para-hydroxylation sites is 1. The van der Waals surface area contributed by atoms with E-state index in [1.807, 2.05) is 6.07 Å². The van der Waals surface area contributed by atoms with Crippen molar-refractivity contribution in [2.24, 2.45) is 0 Å². The number of amides is 1. The average molecular weight is 588 g/mol. The predicted molar refractivity (Wildman–Crippen MR) is 143 cm³/mol. The Labute approximate surface area is 221 Å². The zero-order valence-corrected chi connectivity index (χ0v) is 21.5. The number of nitro benzene ring substituents is 2. The second-order valence-electron chi connectivity index (χ2n) is 7.14. The number of ether oxygens (including phenoxy) is 2. The van der Waals surface area contributed by atoms with Crippen molar-refractivity contribution in [3.63, 3.8) is 0 Å². The summed E-state index contributed by atoms with van der Waals surface area (Å²) in [5.41, 5.74) is -0.0665. The normalized spacial score (nSPS) is 14.3. The third-order valence-electron chi connectivity index (χ3n) is 4.94. The molecule has 1 amide bonds. The molecule has 0 spiro atoms. The monoisotopic (exact) mass is 587 g/mol. The highest BCUT2D eigenvalue weighted by Gasteiger charge is 2.34. The number of thioether (sulfide) groups is 1. The molecule has 4 rings (SSSR count). The molecule has 3 aromatic carbocycles. The number of hydrogen-bond donors (Lipinski definition) is 0. The molecular weight excluding hydrogens is 574 g/mol. The molecule has 1 aliphatic rings. The molecule has 10 nitrogen and oxygen atoms in total. The van der Waals surface area contributed by atoms with Gasteiger partial charge < -0.3 is 9.47 Å². The summed E-state index contributed by atoms with van der Waals surface area (Å²) in [6.45, 7) is 0. The molecular formula is C23H14BrN3O7S2. The number of nitrogens with zero attached hydrogens (tertiary/aromatic N) is 3. The fraction of sp³-hybridized carbons (Fsp3) is 0.0435. The number of methoxy groups -OCH3 is 1. The highest BCUT2D eigenvalue weighted by molar-refractivity contribution is 9.10. The number of anilines is 1. The first-order valence-corrected chi connectivity index (χ1v) is 12.0. The van der Waals surface area contributed by atoms with E-state index in [0.29, 0.717) is 20.5 Å². The first kappa shape index (κ1) is 25.3. The van der Waals surface area contributed by atoms with Crippen LogP contribution in [0.1, 0.15) is 5.56 Å². The first-order chi connectivity index (χ1) is 17.2. The second-order valence-corrected chi connectivity index (χ2v) is 9.74. The predicted octanol–water partition coefficient (Wildman–Crippen LogP) is 6.47. The molecule has 0 radical (unpaired) electrons. The van der Waals surface area contributed by atoms with Crippen LogP contribution in [-0.4, -0.2) is 27.2 Å². The summed E-state index contributed by atoms with van der Waals surface area (Å²) in [5, 5.41) is 22.6. The Balaban J connectivity index is 1.75. The van der Waals surface area contributed by atoms with Crippen molar-refractivity contribution >= 4 is 73.3 Å². The van der Waals surface area contributed by atoms with E-state index < -0.39 is 21.2 Å². The molecule has 36 heavy (non-hydrogen) atoms. The largest absolute Gasteiger partial charge is 0.493 e. The summed E-state index contributed by atoms with van der Waals surface area (Å²) in [4.78, 5) is 36.0. The summed E-state index contributed by atoms with van der Waals surface area (Å²) in [7, 11) is 1.39. The summed E-state index contributed by atoms with van der Waals surface area (Å²) < 4.78 is 12.3. The van der Waals surface area contributed by atoms with Crippen LogP contribution in [0.5, 0.6) is 17.2 Å². The Morgan fingerprint density at radius 3 is 2.44 bits per heavy atom. The van der Waals surface area contributed by atoms with E-state index in [4.69, 9.17) is 21.7 Å². The van der Waals surface area contributed by atoms with Crippen LogP contribution < -0.4 is 14.4 Å². The molecule has 0 bridgehead atoms. The van der Waals surface area contributed by atoms with E-state index >= 15 is 0 Å². The molecule has 182 valence electrons. The number of thiocarbonyl (C=S) groups is 1. The maximum atomic E-state index is 13.2. The van der Waals surface area contributed by atoms with Gasteiger partial charge in [-0.25, -0.2) is 0 Å². The molecule has 1 aliphatic heterocycles. The minimum atomic E-state index is -0.777. The van der Waals surface area contributed by atoms with Gasteiger partial charge in [0, 0.05) is 16.1 Å². The number of nitro groups is 2. The minimum Gasteiger partial charge on any atom is -0.493 e. The van der Waals surface area contributed by atoms with E-state index in [-0.39, 0.29) is 23.2 Å². The van der Waals surface area contributed by atoms with Crippen molar-refractivity contribution in [2.45, 2.75) is 0 Å². The van der Waals surface area contributed by atoms with Crippen LogP contribution in [0.4, 0.5) is 17.1 Å². The lowest BCUT2D eigenvalue weighted by molar-refractivity contribution is -0.394. The van der Waals surface area contributed by atoms with Crippen LogP contribution in [-0.2, 0) is 4.79 Å². The van der Waals surface area contributed by atoms with Crippen molar-refractivity contribution in [3.8, 4) is 17.2 Å². The summed E-state index contributed by atoms with van der Waals surface area (Å²) in [5.74, 6) is -0.256. The van der Waals surface area contributed by atoms with Gasteiger partial charge in [0.1, 0.15) is 0 Å². The molecule has 0 saturated carbocycles. The summed E-state index contributed by atoms with van der Waals surface area (Å²) >= 11 is 9.91. The second kappa shape index (κ2) is 10.4. The van der Waals surface area contributed by atoms with Crippen molar-refractivity contribution < 1.29 is 24.1 Å². The number of carbonyl (C=O) groups is 1. The summed E-state index contributed by atoms with van der Waals surface area (Å²) in [6, 6.07) is 15.1. The van der Waals surface area contributed by atoms with Gasteiger partial charge in [-0.1, -0.05) is 58.1 Å². The summed E-state index contributed by atoms with van der Waals surface area (Å²) in [6.07, 6.45) is 1.55. The lowest BCUT2D eigenvalue weighted by Gasteiger charge is -2.15. The molecule has 0 aliphatic carbocycles. The molecule has 0 unspecified atom stereocenters. The van der Waals surface area contributed by atoms with Crippen LogP contribution in [0.15, 0.2) is 70.0 Å². The average Bonchev–Trinajstić information content (AvgIpc) is 3.12. The van der Waals surface area contributed by atoms with Gasteiger partial charge in [0.15, 0.2) is 15.8 Å². The van der Waals surface area contributed by atoms with E-state index in [2.05, 4.69) is 15.9 Å². The van der Waals surface area contributed by atoms with Gasteiger partial charge in [0.05, 0.1) is 33.6 Å². The molecule has 0 aromatic heterocycles. The molecule has 3 aromatic rings. The van der Waals surface area contributed by atoms with Crippen LogP contribution in [0.25, 0.3) is 6.08 Å². The van der Waals surface area contributed by atoms with Crippen LogP contribution in [0.2, 0.25) is 0 Å². The number of hydrogen-bond acceptors (Lipinski definition) is 9. The fourth-order valence-electron chi connectivity index (χ4n) is 3.32. The smallest absolute Gasteiger partial charge is 0.318 e. The van der Waals surface area contributed by atoms with Crippen LogP contribution in [0, 0.1) is 20.2 Å². The molecule has 0 N–H and O–H groups in total. The number of non-ortho nitro benzene ring substituents is 1. The quantitative estimate of drug-likeness (QED) is 0.132. The van der Waals surface area contributed by atoms with Crippen molar-refractivity contribution in [3.05, 3.63) is 95.8 Å². The Morgan fingerprint density at radius 1 is 1.03 bits per heavy atom. The van der Waals surface area contributed by atoms with Gasteiger partial charge in [-0.2, -0.15) is 0 Å². The highest BCUT2D eigenvalue weighted by atomic mass is 79.9. The van der Waals surface area contributed by atoms with Crippen molar-refractivity contribution in [2.75, 3.05) is 12.0 Å². The molecule has 1 fully saturated rings. The van der Waals surface area contributed by atoms with Gasteiger partial charge in [-0.15, -0.1) is 0 Å². The molecule has 13 heteroatoms. The molecule has 1 heterocycles.